The van der Waals surface area contributed by atoms with Gasteiger partial charge in [-0.1, -0.05) is 6.07 Å². The third-order valence-electron chi connectivity index (χ3n) is 3.08. The Morgan fingerprint density at radius 2 is 1.70 bits per heavy atom. The number of furan rings is 1. The van der Waals surface area contributed by atoms with Crippen molar-refractivity contribution in [2.45, 2.75) is 26.9 Å². The van der Waals surface area contributed by atoms with Crippen LogP contribution in [0.3, 0.4) is 0 Å². The number of hydrogen-bond donors (Lipinski definition) is 0. The minimum Gasteiger partial charge on any atom is -0.466 e. The third kappa shape index (κ3) is 2.61. The number of hydrogen-bond acceptors (Lipinski definition) is 2. The van der Waals surface area contributed by atoms with Crippen LogP contribution in [-0.4, -0.2) is 5.78 Å². The number of aryl methyl sites for hydroxylation is 3. The second kappa shape index (κ2) is 4.81. The van der Waals surface area contributed by atoms with Gasteiger partial charge in [0.25, 0.3) is 0 Å². The summed E-state index contributed by atoms with van der Waals surface area (Å²) in [6.45, 7) is 4.85. The molecular formula is C15H13F3O2. The Morgan fingerprint density at radius 1 is 1.05 bits per heavy atom. The van der Waals surface area contributed by atoms with Crippen LogP contribution in [0.1, 0.15) is 38.6 Å². The van der Waals surface area contributed by atoms with Crippen molar-refractivity contribution >= 4 is 5.78 Å². The lowest BCUT2D eigenvalue weighted by molar-refractivity contribution is -0.137. The molecule has 0 fully saturated rings. The van der Waals surface area contributed by atoms with Crippen molar-refractivity contribution in [1.82, 2.24) is 0 Å². The van der Waals surface area contributed by atoms with Gasteiger partial charge < -0.3 is 4.42 Å². The van der Waals surface area contributed by atoms with Gasteiger partial charge in [-0.3, -0.25) is 4.79 Å². The first-order valence-corrected chi connectivity index (χ1v) is 5.99. The van der Waals surface area contributed by atoms with Gasteiger partial charge in [-0.05, 0) is 44.5 Å². The molecule has 0 unspecified atom stereocenters. The smallest absolute Gasteiger partial charge is 0.416 e. The molecule has 2 aromatic rings. The summed E-state index contributed by atoms with van der Waals surface area (Å²) in [6, 6.07) is 4.70. The van der Waals surface area contributed by atoms with Gasteiger partial charge in [0.05, 0.1) is 11.1 Å². The minimum atomic E-state index is -4.41. The Labute approximate surface area is 114 Å². The molecule has 0 radical (unpaired) electrons. The maximum atomic E-state index is 12.6. The monoisotopic (exact) mass is 282 g/mol. The van der Waals surface area contributed by atoms with E-state index in [0.717, 1.165) is 12.1 Å². The summed E-state index contributed by atoms with van der Waals surface area (Å²) in [5.74, 6) is 0.729. The molecule has 1 aromatic carbocycles. The molecule has 0 atom stereocenters. The van der Waals surface area contributed by atoms with Crippen LogP contribution in [0.15, 0.2) is 28.7 Å². The molecule has 1 heterocycles. The van der Waals surface area contributed by atoms with Gasteiger partial charge in [0.1, 0.15) is 11.5 Å². The predicted octanol–water partition coefficient (Wildman–Crippen LogP) is 4.45. The molecule has 0 aliphatic rings. The SMILES string of the molecule is Cc1cc(C(=O)c2ccc(C(F)(F)F)cc2C)c(C)o1. The average molecular weight is 282 g/mol. The van der Waals surface area contributed by atoms with E-state index in [-0.39, 0.29) is 11.3 Å². The Morgan fingerprint density at radius 3 is 2.15 bits per heavy atom. The van der Waals surface area contributed by atoms with Crippen LogP contribution >= 0.6 is 0 Å². The quantitative estimate of drug-likeness (QED) is 0.761. The van der Waals surface area contributed by atoms with Crippen LogP contribution in [0.5, 0.6) is 0 Å². The topological polar surface area (TPSA) is 30.2 Å². The van der Waals surface area contributed by atoms with E-state index in [9.17, 15) is 18.0 Å². The van der Waals surface area contributed by atoms with Crippen molar-refractivity contribution < 1.29 is 22.4 Å². The summed E-state index contributed by atoms with van der Waals surface area (Å²) in [7, 11) is 0. The van der Waals surface area contributed by atoms with Crippen molar-refractivity contribution in [2.75, 3.05) is 0 Å². The van der Waals surface area contributed by atoms with Crippen LogP contribution in [-0.2, 0) is 6.18 Å². The van der Waals surface area contributed by atoms with Crippen LogP contribution in [0, 0.1) is 20.8 Å². The van der Waals surface area contributed by atoms with E-state index in [2.05, 4.69) is 0 Å². The van der Waals surface area contributed by atoms with Crippen molar-refractivity contribution in [1.29, 1.82) is 0 Å². The number of alkyl halides is 3. The molecule has 20 heavy (non-hydrogen) atoms. The van der Waals surface area contributed by atoms with Crippen molar-refractivity contribution in [3.63, 3.8) is 0 Å². The lowest BCUT2D eigenvalue weighted by Crippen LogP contribution is -2.09. The van der Waals surface area contributed by atoms with Gasteiger partial charge in [-0.2, -0.15) is 13.2 Å². The zero-order chi connectivity index (χ0) is 15.1. The molecule has 0 aliphatic carbocycles. The average Bonchev–Trinajstić information content (AvgIpc) is 2.66. The van der Waals surface area contributed by atoms with Gasteiger partial charge in [-0.25, -0.2) is 0 Å². The zero-order valence-electron chi connectivity index (χ0n) is 11.3. The second-order valence-corrected chi connectivity index (χ2v) is 4.68. The Kier molecular flexibility index (Phi) is 3.46. The van der Waals surface area contributed by atoms with Crippen LogP contribution in [0.2, 0.25) is 0 Å². The largest absolute Gasteiger partial charge is 0.466 e. The minimum absolute atomic E-state index is 0.252. The fourth-order valence-corrected chi connectivity index (χ4v) is 2.10. The van der Waals surface area contributed by atoms with E-state index < -0.39 is 11.7 Å². The van der Waals surface area contributed by atoms with Gasteiger partial charge in [0.15, 0.2) is 5.78 Å². The van der Waals surface area contributed by atoms with E-state index in [4.69, 9.17) is 4.42 Å². The summed E-state index contributed by atoms with van der Waals surface area (Å²) < 4.78 is 43.0. The highest BCUT2D eigenvalue weighted by atomic mass is 19.4. The normalized spacial score (nSPS) is 11.7. The van der Waals surface area contributed by atoms with Crippen LogP contribution < -0.4 is 0 Å². The number of carbonyl (C=O) groups is 1. The molecule has 0 bridgehead atoms. The molecule has 0 saturated heterocycles. The molecule has 0 spiro atoms. The van der Waals surface area contributed by atoms with E-state index in [1.807, 2.05) is 0 Å². The molecule has 0 aliphatic heterocycles. The van der Waals surface area contributed by atoms with Crippen molar-refractivity contribution in [3.05, 3.63) is 58.0 Å². The van der Waals surface area contributed by atoms with Crippen LogP contribution in [0.25, 0.3) is 0 Å². The lowest BCUT2D eigenvalue weighted by Gasteiger charge is -2.10. The third-order valence-corrected chi connectivity index (χ3v) is 3.08. The molecule has 0 N–H and O–H groups in total. The second-order valence-electron chi connectivity index (χ2n) is 4.68. The zero-order valence-corrected chi connectivity index (χ0v) is 11.3. The summed E-state index contributed by atoms with van der Waals surface area (Å²) in [5.41, 5.74) is 0.169. The molecule has 1 aromatic heterocycles. The van der Waals surface area contributed by atoms with Gasteiger partial charge in [0, 0.05) is 5.56 Å². The first-order chi connectivity index (χ1) is 9.20. The summed E-state index contributed by atoms with van der Waals surface area (Å²) in [5, 5.41) is 0. The summed E-state index contributed by atoms with van der Waals surface area (Å²) in [4.78, 5) is 12.3. The van der Waals surface area contributed by atoms with E-state index in [1.165, 1.54) is 13.0 Å². The molecule has 2 rings (SSSR count). The molecule has 5 heteroatoms. The number of ketones is 1. The van der Waals surface area contributed by atoms with Gasteiger partial charge in [-0.15, -0.1) is 0 Å². The fraction of sp³-hybridized carbons (Fsp3) is 0.267. The van der Waals surface area contributed by atoms with Crippen molar-refractivity contribution in [2.24, 2.45) is 0 Å². The van der Waals surface area contributed by atoms with E-state index in [1.54, 1.807) is 19.9 Å². The standard InChI is InChI=1S/C15H13F3O2/c1-8-6-11(15(16,17)18)4-5-12(8)14(19)13-7-9(2)20-10(13)3/h4-7H,1-3H3. The number of halogens is 3. The highest BCUT2D eigenvalue weighted by Crippen LogP contribution is 2.31. The maximum Gasteiger partial charge on any atom is 0.416 e. The summed E-state index contributed by atoms with van der Waals surface area (Å²) >= 11 is 0. The lowest BCUT2D eigenvalue weighted by atomic mass is 9.97. The highest BCUT2D eigenvalue weighted by molar-refractivity contribution is 6.10. The Bertz CT molecular complexity index is 666. The summed E-state index contributed by atoms with van der Waals surface area (Å²) in [6.07, 6.45) is -4.41. The molecule has 0 saturated carbocycles. The molecular weight excluding hydrogens is 269 g/mol. The fourth-order valence-electron chi connectivity index (χ4n) is 2.10. The number of rotatable bonds is 2. The van der Waals surface area contributed by atoms with Gasteiger partial charge >= 0.3 is 6.18 Å². The predicted molar refractivity (Wildman–Crippen MR) is 67.8 cm³/mol. The van der Waals surface area contributed by atoms with Gasteiger partial charge in [0.2, 0.25) is 0 Å². The number of carbonyl (C=O) groups excluding carboxylic acids is 1. The van der Waals surface area contributed by atoms with Crippen LogP contribution in [0.4, 0.5) is 13.2 Å². The Balaban J connectivity index is 2.44. The van der Waals surface area contributed by atoms with E-state index in [0.29, 0.717) is 22.6 Å². The first-order valence-electron chi connectivity index (χ1n) is 5.99. The number of benzene rings is 1. The molecule has 106 valence electrons. The maximum absolute atomic E-state index is 12.6. The van der Waals surface area contributed by atoms with E-state index >= 15 is 0 Å². The first kappa shape index (κ1) is 14.4. The molecule has 2 nitrogen and oxygen atoms in total. The molecule has 0 amide bonds. The Hall–Kier alpha value is -2.04. The highest BCUT2D eigenvalue weighted by Gasteiger charge is 2.31. The van der Waals surface area contributed by atoms with Crippen molar-refractivity contribution in [3.8, 4) is 0 Å².